The molecule has 0 N–H and O–H groups in total. The Morgan fingerprint density at radius 2 is 1.00 bits per heavy atom. The minimum absolute atomic E-state index is 0.346. The van der Waals surface area contributed by atoms with Crippen LogP contribution in [0, 0.1) is 13.8 Å². The standard InChI is InChI=1S/2C2H5.2ClH.Ru/c2*1-2;;;/h2*1H2,2H3;2*1H;/q2*-1;;;+4/p-2. The number of rotatable bonds is 0. The molecule has 0 bridgehead atoms. The van der Waals surface area contributed by atoms with Gasteiger partial charge in [-0.1, -0.05) is 0 Å². The molecule has 0 aromatic carbocycles. The number of hydrogen-bond acceptors (Lipinski definition) is 0. The molecule has 0 aliphatic rings. The third-order valence-electron chi connectivity index (χ3n) is 0. The van der Waals surface area contributed by atoms with E-state index in [9.17, 15) is 0 Å². The van der Waals surface area contributed by atoms with E-state index in [0.29, 0.717) is 0 Å². The van der Waals surface area contributed by atoms with Gasteiger partial charge in [-0.3, -0.25) is 0 Å². The minimum atomic E-state index is -0.346. The van der Waals surface area contributed by atoms with E-state index >= 15 is 0 Å². The summed E-state index contributed by atoms with van der Waals surface area (Å²) in [5, 5.41) is 0. The Morgan fingerprint density at radius 3 is 1.00 bits per heavy atom. The molecule has 0 aromatic heterocycles. The van der Waals surface area contributed by atoms with E-state index in [1.54, 1.807) is 13.8 Å². The summed E-state index contributed by atoms with van der Waals surface area (Å²) in [6.07, 6.45) is 0. The van der Waals surface area contributed by atoms with E-state index in [2.05, 4.69) is 13.8 Å². The first-order valence-electron chi connectivity index (χ1n) is 1.68. The van der Waals surface area contributed by atoms with Crippen molar-refractivity contribution < 1.29 is 15.1 Å². The Hall–Kier alpha value is 1.20. The zero-order valence-corrected chi connectivity index (χ0v) is 7.77. The van der Waals surface area contributed by atoms with Crippen LogP contribution in [0.15, 0.2) is 0 Å². The van der Waals surface area contributed by atoms with Crippen molar-refractivity contribution in [1.29, 1.82) is 0 Å². The second kappa shape index (κ2) is 57.1. The quantitative estimate of drug-likeness (QED) is 0.443. The van der Waals surface area contributed by atoms with Crippen molar-refractivity contribution in [2.45, 2.75) is 13.8 Å². The molecule has 0 atom stereocenters. The summed E-state index contributed by atoms with van der Waals surface area (Å²) < 4.78 is 0. The van der Waals surface area contributed by atoms with Crippen LogP contribution >= 0.6 is 19.4 Å². The van der Waals surface area contributed by atoms with Gasteiger partial charge in [-0.05, 0) is 0 Å². The monoisotopic (exact) mass is 230 g/mol. The molecule has 0 rings (SSSR count). The molecule has 0 saturated carbocycles. The molecule has 0 unspecified atom stereocenters. The van der Waals surface area contributed by atoms with Crippen LogP contribution in [0.1, 0.15) is 13.8 Å². The van der Waals surface area contributed by atoms with E-state index in [1.807, 2.05) is 0 Å². The van der Waals surface area contributed by atoms with E-state index in [0.717, 1.165) is 0 Å². The van der Waals surface area contributed by atoms with Gasteiger partial charge in [0, 0.05) is 0 Å². The Labute approximate surface area is 62.3 Å². The van der Waals surface area contributed by atoms with Gasteiger partial charge in [0.15, 0.2) is 0 Å². The molecule has 7 heavy (non-hydrogen) atoms. The number of hydrogen-bond donors (Lipinski definition) is 0. The molecule has 0 fully saturated rings. The molecule has 0 aromatic rings. The van der Waals surface area contributed by atoms with Crippen molar-refractivity contribution in [3.05, 3.63) is 13.8 Å². The molecule has 0 aliphatic heterocycles. The van der Waals surface area contributed by atoms with Gasteiger partial charge >= 0.3 is 34.5 Å². The van der Waals surface area contributed by atoms with Crippen LogP contribution in [0.25, 0.3) is 0 Å². The Bertz CT molecular complexity index is 9.65. The van der Waals surface area contributed by atoms with E-state index < -0.39 is 0 Å². The van der Waals surface area contributed by atoms with Crippen LogP contribution in [-0.4, -0.2) is 0 Å². The SMILES string of the molecule is [CH2-]C.[CH2-]C.[Cl][Ru+2][Cl]. The summed E-state index contributed by atoms with van der Waals surface area (Å²) in [5.41, 5.74) is 0. The third-order valence-corrected chi connectivity index (χ3v) is 0. The molecule has 0 aliphatic carbocycles. The van der Waals surface area contributed by atoms with E-state index in [4.69, 9.17) is 19.4 Å². The van der Waals surface area contributed by atoms with Crippen LogP contribution < -0.4 is 0 Å². The average Bonchev–Trinajstić information content (AvgIpc) is 1.78. The van der Waals surface area contributed by atoms with Crippen LogP contribution in [0.3, 0.4) is 0 Å². The Kier molecular flexibility index (Phi) is 128. The van der Waals surface area contributed by atoms with E-state index in [1.165, 1.54) is 0 Å². The van der Waals surface area contributed by atoms with Gasteiger partial charge in [-0.15, -0.1) is 0 Å². The molecule has 0 nitrogen and oxygen atoms in total. The predicted molar refractivity (Wildman–Crippen MR) is 33.8 cm³/mol. The van der Waals surface area contributed by atoms with Crippen molar-refractivity contribution in [2.24, 2.45) is 0 Å². The zero-order valence-electron chi connectivity index (χ0n) is 4.52. The fourth-order valence-corrected chi connectivity index (χ4v) is 0. The topological polar surface area (TPSA) is 0 Å². The maximum atomic E-state index is 4.85. The summed E-state index contributed by atoms with van der Waals surface area (Å²) >= 11 is -0.346. The first-order valence-corrected chi connectivity index (χ1v) is 6.16. The molecule has 0 radical (unpaired) electrons. The molecule has 0 amide bonds. The predicted octanol–water partition coefficient (Wildman–Crippen LogP) is 3.06. The van der Waals surface area contributed by atoms with Gasteiger partial charge in [0.2, 0.25) is 0 Å². The van der Waals surface area contributed by atoms with Crippen molar-refractivity contribution in [3.63, 3.8) is 0 Å². The van der Waals surface area contributed by atoms with Crippen LogP contribution in [-0.2, 0) is 15.1 Å². The van der Waals surface area contributed by atoms with E-state index in [-0.39, 0.29) is 15.1 Å². The van der Waals surface area contributed by atoms with Crippen LogP contribution in [0.2, 0.25) is 0 Å². The second-order valence-electron chi connectivity index (χ2n) is 0.0505. The molecule has 0 saturated heterocycles. The van der Waals surface area contributed by atoms with Crippen molar-refractivity contribution in [3.8, 4) is 0 Å². The van der Waals surface area contributed by atoms with Crippen molar-refractivity contribution >= 4 is 19.4 Å². The fraction of sp³-hybridized carbons (Fsp3) is 0.500. The summed E-state index contributed by atoms with van der Waals surface area (Å²) in [7, 11) is 9.71. The molecule has 0 spiro atoms. The normalized spacial score (nSPS) is 4.29. The molecular formula is C4H10Cl2Ru. The van der Waals surface area contributed by atoms with Gasteiger partial charge in [0.05, 0.1) is 0 Å². The Balaban J connectivity index is -0.0000000360. The average molecular weight is 230 g/mol. The molecular weight excluding hydrogens is 220 g/mol. The summed E-state index contributed by atoms with van der Waals surface area (Å²) in [6, 6.07) is 0. The second-order valence-corrected chi connectivity index (χ2v) is 2.69. The Morgan fingerprint density at radius 1 is 1.00 bits per heavy atom. The van der Waals surface area contributed by atoms with Crippen molar-refractivity contribution in [2.75, 3.05) is 0 Å². The summed E-state index contributed by atoms with van der Waals surface area (Å²) in [4.78, 5) is 0. The maximum absolute atomic E-state index is 4.85. The van der Waals surface area contributed by atoms with Gasteiger partial charge in [0.1, 0.15) is 0 Å². The first-order chi connectivity index (χ1) is 3.41. The molecule has 48 valence electrons. The van der Waals surface area contributed by atoms with Gasteiger partial charge < -0.3 is 13.8 Å². The first kappa shape index (κ1) is 15.7. The third kappa shape index (κ3) is 135. The van der Waals surface area contributed by atoms with Crippen LogP contribution in [0.5, 0.6) is 0 Å². The molecule has 0 heterocycles. The van der Waals surface area contributed by atoms with Gasteiger partial charge in [0.25, 0.3) is 0 Å². The number of halogens is 2. The van der Waals surface area contributed by atoms with Crippen molar-refractivity contribution in [1.82, 2.24) is 0 Å². The fourth-order valence-electron chi connectivity index (χ4n) is 0. The zero-order chi connectivity index (χ0) is 6.71. The van der Waals surface area contributed by atoms with Gasteiger partial charge in [-0.2, -0.15) is 13.8 Å². The van der Waals surface area contributed by atoms with Gasteiger partial charge in [-0.25, -0.2) is 0 Å². The molecule has 3 heteroatoms. The summed E-state index contributed by atoms with van der Waals surface area (Å²) in [6.45, 7) is 10.0. The summed E-state index contributed by atoms with van der Waals surface area (Å²) in [5.74, 6) is 0. The van der Waals surface area contributed by atoms with Crippen LogP contribution in [0.4, 0.5) is 0 Å².